The van der Waals surface area contributed by atoms with Gasteiger partial charge in [0, 0.05) is 30.7 Å². The Bertz CT molecular complexity index is 497. The van der Waals surface area contributed by atoms with E-state index in [0.29, 0.717) is 5.92 Å². The molecule has 0 amide bonds. The number of aryl methyl sites for hydroxylation is 1. The summed E-state index contributed by atoms with van der Waals surface area (Å²) < 4.78 is 4.12. The van der Waals surface area contributed by atoms with Crippen LogP contribution >= 0.6 is 0 Å². The zero-order valence-corrected chi connectivity index (χ0v) is 12.0. The molecule has 5 heteroatoms. The van der Waals surface area contributed by atoms with Gasteiger partial charge in [-0.05, 0) is 19.4 Å². The molecule has 0 aromatic carbocycles. The molecule has 0 radical (unpaired) electrons. The summed E-state index contributed by atoms with van der Waals surface area (Å²) in [7, 11) is 0. The van der Waals surface area contributed by atoms with Crippen LogP contribution in [0.5, 0.6) is 0 Å². The minimum absolute atomic E-state index is 0.659. The second-order valence-electron chi connectivity index (χ2n) is 5.20. The zero-order chi connectivity index (χ0) is 13.7. The van der Waals surface area contributed by atoms with Crippen LogP contribution in [0.4, 0.5) is 0 Å². The Labute approximate surface area is 114 Å². The molecule has 0 aliphatic carbocycles. The highest BCUT2D eigenvalue weighted by Crippen LogP contribution is 2.05. The molecule has 0 fully saturated rings. The fraction of sp³-hybridized carbons (Fsp3) is 0.571. The monoisotopic (exact) mass is 261 g/mol. The van der Waals surface area contributed by atoms with Crippen molar-refractivity contribution in [3.8, 4) is 0 Å². The highest BCUT2D eigenvalue weighted by Gasteiger charge is 2.05. The average molecular weight is 261 g/mol. The number of nitrogens with zero attached hydrogens (tertiary/aromatic N) is 4. The van der Waals surface area contributed by atoms with Crippen LogP contribution in [-0.4, -0.2) is 25.9 Å². The van der Waals surface area contributed by atoms with Crippen molar-refractivity contribution < 1.29 is 0 Å². The summed E-state index contributed by atoms with van der Waals surface area (Å²) in [5.74, 6) is 1.73. The van der Waals surface area contributed by atoms with Gasteiger partial charge in [0.15, 0.2) is 0 Å². The summed E-state index contributed by atoms with van der Waals surface area (Å²) in [6.07, 6.45) is 7.90. The van der Waals surface area contributed by atoms with E-state index in [1.165, 1.54) is 5.56 Å². The first kappa shape index (κ1) is 13.8. The summed E-state index contributed by atoms with van der Waals surface area (Å²) >= 11 is 0. The van der Waals surface area contributed by atoms with Crippen LogP contribution in [0, 0.1) is 5.92 Å². The standard InChI is InChI=1S/C14H23N5/c1-4-19-11-13(8-17-19)10-18-6-5-16-14(18)9-15-7-12(2)3/h5-6,8,11-12,15H,4,7,9-10H2,1-3H3. The number of rotatable bonds is 7. The van der Waals surface area contributed by atoms with E-state index in [4.69, 9.17) is 0 Å². The van der Waals surface area contributed by atoms with Gasteiger partial charge >= 0.3 is 0 Å². The molecule has 0 saturated heterocycles. The molecule has 0 aliphatic heterocycles. The molecule has 5 nitrogen and oxygen atoms in total. The molecule has 2 rings (SSSR count). The highest BCUT2D eigenvalue weighted by molar-refractivity contribution is 5.07. The van der Waals surface area contributed by atoms with Gasteiger partial charge in [-0.25, -0.2) is 4.98 Å². The smallest absolute Gasteiger partial charge is 0.122 e. The average Bonchev–Trinajstić information content (AvgIpc) is 2.99. The molecule has 0 saturated carbocycles. The maximum absolute atomic E-state index is 4.41. The van der Waals surface area contributed by atoms with E-state index < -0.39 is 0 Å². The lowest BCUT2D eigenvalue weighted by Crippen LogP contribution is -2.21. The van der Waals surface area contributed by atoms with Crippen LogP contribution < -0.4 is 5.32 Å². The molecule has 0 bridgehead atoms. The van der Waals surface area contributed by atoms with Gasteiger partial charge in [0.05, 0.1) is 19.3 Å². The number of hydrogen-bond donors (Lipinski definition) is 1. The van der Waals surface area contributed by atoms with Gasteiger partial charge in [0.25, 0.3) is 0 Å². The largest absolute Gasteiger partial charge is 0.329 e. The predicted octanol–water partition coefficient (Wildman–Crippen LogP) is 1.89. The van der Waals surface area contributed by atoms with E-state index in [1.54, 1.807) is 0 Å². The van der Waals surface area contributed by atoms with Crippen LogP contribution in [0.15, 0.2) is 24.8 Å². The molecule has 2 aromatic rings. The molecule has 19 heavy (non-hydrogen) atoms. The molecular weight excluding hydrogens is 238 g/mol. The SMILES string of the molecule is CCn1cc(Cn2ccnc2CNCC(C)C)cn1. The van der Waals surface area contributed by atoms with Crippen LogP contribution in [0.3, 0.4) is 0 Å². The molecule has 0 atom stereocenters. The molecule has 0 spiro atoms. The lowest BCUT2D eigenvalue weighted by atomic mass is 10.2. The predicted molar refractivity (Wildman–Crippen MR) is 75.8 cm³/mol. The van der Waals surface area contributed by atoms with Crippen LogP contribution in [0.2, 0.25) is 0 Å². The Morgan fingerprint density at radius 2 is 2.21 bits per heavy atom. The first-order valence-electron chi connectivity index (χ1n) is 6.91. The minimum Gasteiger partial charge on any atom is -0.329 e. The first-order chi connectivity index (χ1) is 9.19. The van der Waals surface area contributed by atoms with Crippen molar-refractivity contribution in [3.05, 3.63) is 36.2 Å². The van der Waals surface area contributed by atoms with Gasteiger partial charge < -0.3 is 9.88 Å². The summed E-state index contributed by atoms with van der Waals surface area (Å²) in [5.41, 5.74) is 1.21. The third-order valence-corrected chi connectivity index (χ3v) is 3.00. The summed E-state index contributed by atoms with van der Waals surface area (Å²) in [6, 6.07) is 0. The van der Waals surface area contributed by atoms with Crippen molar-refractivity contribution in [2.75, 3.05) is 6.54 Å². The van der Waals surface area contributed by atoms with Crippen molar-refractivity contribution in [3.63, 3.8) is 0 Å². The van der Waals surface area contributed by atoms with E-state index in [2.05, 4.69) is 46.9 Å². The maximum Gasteiger partial charge on any atom is 0.122 e. The van der Waals surface area contributed by atoms with Gasteiger partial charge in [-0.2, -0.15) is 5.10 Å². The van der Waals surface area contributed by atoms with Crippen LogP contribution in [0.1, 0.15) is 32.2 Å². The van der Waals surface area contributed by atoms with E-state index in [1.807, 2.05) is 23.3 Å². The molecular formula is C14H23N5. The fourth-order valence-electron chi connectivity index (χ4n) is 1.98. The van der Waals surface area contributed by atoms with Gasteiger partial charge in [-0.3, -0.25) is 4.68 Å². The Morgan fingerprint density at radius 1 is 1.37 bits per heavy atom. The summed E-state index contributed by atoms with van der Waals surface area (Å²) in [5, 5.41) is 7.72. The number of hydrogen-bond acceptors (Lipinski definition) is 3. The molecule has 0 unspecified atom stereocenters. The molecule has 2 heterocycles. The lowest BCUT2D eigenvalue weighted by Gasteiger charge is -2.09. The van der Waals surface area contributed by atoms with Gasteiger partial charge in [0.2, 0.25) is 0 Å². The van der Waals surface area contributed by atoms with E-state index >= 15 is 0 Å². The van der Waals surface area contributed by atoms with E-state index in [9.17, 15) is 0 Å². The number of aromatic nitrogens is 4. The van der Waals surface area contributed by atoms with E-state index in [0.717, 1.165) is 32.0 Å². The molecule has 1 N–H and O–H groups in total. The van der Waals surface area contributed by atoms with Crippen molar-refractivity contribution in [2.45, 2.75) is 40.4 Å². The molecule has 2 aromatic heterocycles. The van der Waals surface area contributed by atoms with Gasteiger partial charge in [0.1, 0.15) is 5.82 Å². The second kappa shape index (κ2) is 6.52. The third-order valence-electron chi connectivity index (χ3n) is 3.00. The molecule has 0 aliphatic rings. The van der Waals surface area contributed by atoms with Gasteiger partial charge in [-0.15, -0.1) is 0 Å². The lowest BCUT2D eigenvalue weighted by molar-refractivity contribution is 0.533. The van der Waals surface area contributed by atoms with Crippen molar-refractivity contribution in [1.29, 1.82) is 0 Å². The minimum atomic E-state index is 0.659. The Kier molecular flexibility index (Phi) is 4.74. The Balaban J connectivity index is 1.95. The number of imidazole rings is 1. The maximum atomic E-state index is 4.41. The Morgan fingerprint density at radius 3 is 2.89 bits per heavy atom. The van der Waals surface area contributed by atoms with E-state index in [-0.39, 0.29) is 0 Å². The topological polar surface area (TPSA) is 47.7 Å². The third kappa shape index (κ3) is 3.92. The van der Waals surface area contributed by atoms with Gasteiger partial charge in [-0.1, -0.05) is 13.8 Å². The van der Waals surface area contributed by atoms with Crippen LogP contribution in [0.25, 0.3) is 0 Å². The Hall–Kier alpha value is -1.62. The molecule has 104 valence electrons. The summed E-state index contributed by atoms with van der Waals surface area (Å²) in [6.45, 7) is 10.1. The van der Waals surface area contributed by atoms with Crippen molar-refractivity contribution in [2.24, 2.45) is 5.92 Å². The van der Waals surface area contributed by atoms with Crippen LogP contribution in [-0.2, 0) is 19.6 Å². The number of nitrogens with one attached hydrogen (secondary N) is 1. The zero-order valence-electron chi connectivity index (χ0n) is 12.0. The quantitative estimate of drug-likeness (QED) is 0.828. The highest BCUT2D eigenvalue weighted by atomic mass is 15.3. The second-order valence-corrected chi connectivity index (χ2v) is 5.20. The normalized spacial score (nSPS) is 11.4. The first-order valence-corrected chi connectivity index (χ1v) is 6.91. The van der Waals surface area contributed by atoms with Crippen molar-refractivity contribution >= 4 is 0 Å². The fourth-order valence-corrected chi connectivity index (χ4v) is 1.98. The van der Waals surface area contributed by atoms with Crippen molar-refractivity contribution in [1.82, 2.24) is 24.6 Å². The summed E-state index contributed by atoms with van der Waals surface area (Å²) in [4.78, 5) is 4.41.